The van der Waals surface area contributed by atoms with Gasteiger partial charge >= 0.3 is 0 Å². The zero-order valence-corrected chi connectivity index (χ0v) is 14.2. The molecule has 1 amide bonds. The van der Waals surface area contributed by atoms with Gasteiger partial charge in [-0.1, -0.05) is 32.1 Å². The van der Waals surface area contributed by atoms with Gasteiger partial charge in [-0.05, 0) is 36.6 Å². The molecule has 1 saturated heterocycles. The van der Waals surface area contributed by atoms with Crippen LogP contribution in [0.5, 0.6) is 5.75 Å². The number of benzene rings is 1. The fourth-order valence-corrected chi connectivity index (χ4v) is 4.02. The topological polar surface area (TPSA) is 53.4 Å². The minimum atomic E-state index is -0.651. The summed E-state index contributed by atoms with van der Waals surface area (Å²) < 4.78 is 18.9. The zero-order valence-electron chi connectivity index (χ0n) is 14.2. The maximum Gasteiger partial charge on any atom is 0.237 e. The van der Waals surface area contributed by atoms with Crippen LogP contribution >= 0.6 is 0 Å². The molecule has 1 unspecified atom stereocenters. The number of nitrogens with zero attached hydrogens (tertiary/aromatic N) is 1. The first kappa shape index (κ1) is 16.9. The summed E-state index contributed by atoms with van der Waals surface area (Å²) >= 11 is 0. The monoisotopic (exact) mass is 332 g/mol. The molecule has 5 heteroatoms. The van der Waals surface area contributed by atoms with Crippen molar-refractivity contribution in [2.24, 2.45) is 11.3 Å². The third kappa shape index (κ3) is 3.45. The number of halogens is 1. The van der Waals surface area contributed by atoms with E-state index in [0.717, 1.165) is 19.3 Å². The van der Waals surface area contributed by atoms with Gasteiger partial charge in [0.05, 0.1) is 5.41 Å². The third-order valence-corrected chi connectivity index (χ3v) is 5.40. The van der Waals surface area contributed by atoms with E-state index in [9.17, 15) is 9.18 Å². The molecule has 2 aliphatic rings. The molecule has 2 fully saturated rings. The molecule has 1 saturated carbocycles. The lowest BCUT2D eigenvalue weighted by atomic mass is 9.73. The van der Waals surface area contributed by atoms with E-state index in [1.165, 1.54) is 36.3 Å². The number of hydrogen-bond donors (Lipinski definition) is 1. The van der Waals surface area contributed by atoms with Crippen molar-refractivity contribution in [2.45, 2.75) is 44.9 Å². The highest BCUT2D eigenvalue weighted by atomic mass is 19.1. The summed E-state index contributed by atoms with van der Waals surface area (Å²) in [5, 5.41) is 8.07. The standard InChI is InChI=1S/C19H25FN2O2/c1-22-17(21)12-19(18(22)23,11-14-5-3-2-4-6-14)13-24-16-9-7-15(20)8-10-16/h7-10,14,21H,2-6,11-13H2,1H3. The number of amides is 1. The van der Waals surface area contributed by atoms with Gasteiger partial charge in [0.25, 0.3) is 0 Å². The summed E-state index contributed by atoms with van der Waals surface area (Å²) in [6, 6.07) is 5.87. The van der Waals surface area contributed by atoms with E-state index in [1.807, 2.05) is 0 Å². The lowest BCUT2D eigenvalue weighted by Crippen LogP contribution is -2.39. The van der Waals surface area contributed by atoms with Crippen molar-refractivity contribution < 1.29 is 13.9 Å². The van der Waals surface area contributed by atoms with E-state index in [0.29, 0.717) is 23.9 Å². The van der Waals surface area contributed by atoms with Crippen molar-refractivity contribution in [3.8, 4) is 5.75 Å². The minimum Gasteiger partial charge on any atom is -0.492 e. The van der Waals surface area contributed by atoms with Gasteiger partial charge in [-0.3, -0.25) is 10.2 Å². The average molecular weight is 332 g/mol. The van der Waals surface area contributed by atoms with E-state index in [-0.39, 0.29) is 18.3 Å². The van der Waals surface area contributed by atoms with Crippen molar-refractivity contribution >= 4 is 11.7 Å². The number of nitrogens with one attached hydrogen (secondary N) is 1. The Morgan fingerprint density at radius 1 is 1.25 bits per heavy atom. The van der Waals surface area contributed by atoms with Gasteiger partial charge in [-0.2, -0.15) is 0 Å². The van der Waals surface area contributed by atoms with Crippen LogP contribution in [-0.4, -0.2) is 30.3 Å². The first-order valence-electron chi connectivity index (χ1n) is 8.74. The summed E-state index contributed by atoms with van der Waals surface area (Å²) in [7, 11) is 1.67. The number of rotatable bonds is 5. The molecule has 1 aromatic carbocycles. The summed E-state index contributed by atoms with van der Waals surface area (Å²) in [6.07, 6.45) is 7.24. The summed E-state index contributed by atoms with van der Waals surface area (Å²) in [5.41, 5.74) is -0.651. The van der Waals surface area contributed by atoms with Gasteiger partial charge in [0.1, 0.15) is 24.0 Å². The Kier molecular flexibility index (Phi) is 4.88. The molecular weight excluding hydrogens is 307 g/mol. The van der Waals surface area contributed by atoms with E-state index in [1.54, 1.807) is 19.2 Å². The molecule has 1 aliphatic carbocycles. The molecule has 130 valence electrons. The second-order valence-corrected chi connectivity index (χ2v) is 7.22. The molecule has 0 bridgehead atoms. The van der Waals surface area contributed by atoms with Crippen LogP contribution in [-0.2, 0) is 4.79 Å². The van der Waals surface area contributed by atoms with Gasteiger partial charge in [-0.25, -0.2) is 4.39 Å². The van der Waals surface area contributed by atoms with Crippen LogP contribution in [0.25, 0.3) is 0 Å². The Balaban J connectivity index is 1.75. The third-order valence-electron chi connectivity index (χ3n) is 5.40. The molecule has 1 heterocycles. The molecule has 24 heavy (non-hydrogen) atoms. The number of carbonyl (C=O) groups excluding carboxylic acids is 1. The molecule has 1 N–H and O–H groups in total. The van der Waals surface area contributed by atoms with Gasteiger partial charge in [0.2, 0.25) is 5.91 Å². The first-order valence-corrected chi connectivity index (χ1v) is 8.74. The molecular formula is C19H25FN2O2. The Hall–Kier alpha value is -1.91. The predicted octanol–water partition coefficient (Wildman–Crippen LogP) is 4.00. The van der Waals surface area contributed by atoms with E-state index >= 15 is 0 Å². The summed E-state index contributed by atoms with van der Waals surface area (Å²) in [6.45, 7) is 0.251. The number of carbonyl (C=O) groups is 1. The van der Waals surface area contributed by atoms with Crippen LogP contribution in [0.2, 0.25) is 0 Å². The fraction of sp³-hybridized carbons (Fsp3) is 0.579. The molecule has 0 spiro atoms. The van der Waals surface area contributed by atoms with Crippen LogP contribution in [0.4, 0.5) is 4.39 Å². The highest BCUT2D eigenvalue weighted by Gasteiger charge is 2.50. The SMILES string of the molecule is CN1C(=N)CC(COc2ccc(F)cc2)(CC2CCCCC2)C1=O. The predicted molar refractivity (Wildman–Crippen MR) is 90.6 cm³/mol. The van der Waals surface area contributed by atoms with E-state index in [2.05, 4.69) is 0 Å². The van der Waals surface area contributed by atoms with Gasteiger partial charge in [0, 0.05) is 13.5 Å². The van der Waals surface area contributed by atoms with Crippen molar-refractivity contribution in [3.05, 3.63) is 30.1 Å². The van der Waals surface area contributed by atoms with Crippen molar-refractivity contribution in [2.75, 3.05) is 13.7 Å². The maximum absolute atomic E-state index is 13.0. The van der Waals surface area contributed by atoms with Crippen molar-refractivity contribution in [1.82, 2.24) is 4.90 Å². The number of likely N-dealkylation sites (tertiary alicyclic amines) is 1. The fourth-order valence-electron chi connectivity index (χ4n) is 4.02. The van der Waals surface area contributed by atoms with Crippen LogP contribution in [0.15, 0.2) is 24.3 Å². The van der Waals surface area contributed by atoms with Crippen LogP contribution in [0.1, 0.15) is 44.9 Å². The second kappa shape index (κ2) is 6.91. The van der Waals surface area contributed by atoms with Crippen LogP contribution < -0.4 is 4.74 Å². The largest absolute Gasteiger partial charge is 0.492 e. The van der Waals surface area contributed by atoms with Crippen LogP contribution in [0.3, 0.4) is 0 Å². The molecule has 4 nitrogen and oxygen atoms in total. The van der Waals surface area contributed by atoms with E-state index in [4.69, 9.17) is 10.1 Å². The van der Waals surface area contributed by atoms with Gasteiger partial charge in [0.15, 0.2) is 0 Å². The highest BCUT2D eigenvalue weighted by Crippen LogP contribution is 2.42. The first-order chi connectivity index (χ1) is 11.5. The molecule has 1 aliphatic heterocycles. The normalized spacial score (nSPS) is 25.3. The molecule has 3 rings (SSSR count). The smallest absolute Gasteiger partial charge is 0.237 e. The number of hydrogen-bond acceptors (Lipinski definition) is 3. The van der Waals surface area contributed by atoms with Gasteiger partial charge in [-0.15, -0.1) is 0 Å². The van der Waals surface area contributed by atoms with Crippen LogP contribution in [0, 0.1) is 22.6 Å². The Morgan fingerprint density at radius 3 is 2.50 bits per heavy atom. The minimum absolute atomic E-state index is 0.0137. The molecule has 0 radical (unpaired) electrons. The summed E-state index contributed by atoms with van der Waals surface area (Å²) in [4.78, 5) is 14.3. The van der Waals surface area contributed by atoms with Crippen molar-refractivity contribution in [3.63, 3.8) is 0 Å². The quantitative estimate of drug-likeness (QED) is 0.886. The van der Waals surface area contributed by atoms with Gasteiger partial charge < -0.3 is 9.64 Å². The molecule has 1 atom stereocenters. The second-order valence-electron chi connectivity index (χ2n) is 7.22. The Bertz CT molecular complexity index is 610. The Labute approximate surface area is 142 Å². The van der Waals surface area contributed by atoms with E-state index < -0.39 is 5.41 Å². The number of amidine groups is 1. The number of ether oxygens (including phenoxy) is 1. The van der Waals surface area contributed by atoms with Crippen molar-refractivity contribution in [1.29, 1.82) is 5.41 Å². The molecule has 0 aromatic heterocycles. The zero-order chi connectivity index (χ0) is 17.2. The average Bonchev–Trinajstić information content (AvgIpc) is 2.80. The summed E-state index contributed by atoms with van der Waals surface area (Å²) in [5.74, 6) is 1.13. The highest BCUT2D eigenvalue weighted by molar-refractivity contribution is 6.06. The Morgan fingerprint density at radius 2 is 1.92 bits per heavy atom. The molecule has 1 aromatic rings. The lowest BCUT2D eigenvalue weighted by Gasteiger charge is -2.32. The maximum atomic E-state index is 13.0. The lowest BCUT2D eigenvalue weighted by molar-refractivity contribution is -0.136.